The molecule has 132 valence electrons. The number of morpholine rings is 1. The molecule has 1 saturated heterocycles. The third-order valence-electron chi connectivity index (χ3n) is 4.09. The predicted molar refractivity (Wildman–Crippen MR) is 91.9 cm³/mol. The quantitative estimate of drug-likeness (QED) is 0.601. The minimum Gasteiger partial charge on any atom is -0.379 e. The van der Waals surface area contributed by atoms with Gasteiger partial charge < -0.3 is 4.74 Å². The Bertz CT molecular complexity index is 842. The Kier molecular flexibility index (Phi) is 5.12. The standard InChI is InChI=1S/C17H18N2O5S/c20-19(21)16-5-1-14(2-6-16)13-15-3-7-17(8-4-15)25(22,23)18-9-11-24-12-10-18/h1-8H,9-13H2. The molecule has 0 spiro atoms. The molecule has 0 saturated carbocycles. The number of nitro groups is 1. The van der Waals surface area contributed by atoms with Gasteiger partial charge in [-0.05, 0) is 29.7 Å². The molecule has 1 aliphatic heterocycles. The second kappa shape index (κ2) is 7.30. The Morgan fingerprint density at radius 2 is 1.48 bits per heavy atom. The Hall–Kier alpha value is -2.29. The molecule has 2 aromatic carbocycles. The largest absolute Gasteiger partial charge is 0.379 e. The van der Waals surface area contributed by atoms with Crippen LogP contribution in [0.15, 0.2) is 53.4 Å². The van der Waals surface area contributed by atoms with Crippen LogP contribution < -0.4 is 0 Å². The molecule has 2 aromatic rings. The van der Waals surface area contributed by atoms with Gasteiger partial charge in [-0.15, -0.1) is 0 Å². The predicted octanol–water partition coefficient (Wildman–Crippen LogP) is 2.21. The first-order valence-electron chi connectivity index (χ1n) is 7.87. The number of rotatable bonds is 5. The van der Waals surface area contributed by atoms with E-state index < -0.39 is 14.9 Å². The topological polar surface area (TPSA) is 89.8 Å². The van der Waals surface area contributed by atoms with Gasteiger partial charge in [-0.3, -0.25) is 10.1 Å². The van der Waals surface area contributed by atoms with Crippen molar-refractivity contribution in [2.24, 2.45) is 0 Å². The summed E-state index contributed by atoms with van der Waals surface area (Å²) in [5, 5.41) is 10.7. The maximum Gasteiger partial charge on any atom is 0.269 e. The highest BCUT2D eigenvalue weighted by molar-refractivity contribution is 7.89. The van der Waals surface area contributed by atoms with Gasteiger partial charge in [0.15, 0.2) is 0 Å². The second-order valence-electron chi connectivity index (χ2n) is 5.76. The highest BCUT2D eigenvalue weighted by Gasteiger charge is 2.26. The molecule has 0 radical (unpaired) electrons. The first-order chi connectivity index (χ1) is 12.0. The highest BCUT2D eigenvalue weighted by Crippen LogP contribution is 2.20. The second-order valence-corrected chi connectivity index (χ2v) is 7.70. The van der Waals surface area contributed by atoms with E-state index in [0.717, 1.165) is 11.1 Å². The number of hydrogen-bond acceptors (Lipinski definition) is 5. The summed E-state index contributed by atoms with van der Waals surface area (Å²) < 4.78 is 31.8. The van der Waals surface area contributed by atoms with E-state index in [-0.39, 0.29) is 10.6 Å². The maximum absolute atomic E-state index is 12.6. The molecule has 25 heavy (non-hydrogen) atoms. The summed E-state index contributed by atoms with van der Waals surface area (Å²) in [4.78, 5) is 10.5. The molecule has 0 bridgehead atoms. The molecule has 3 rings (SSSR count). The number of benzene rings is 2. The first-order valence-corrected chi connectivity index (χ1v) is 9.31. The van der Waals surface area contributed by atoms with Crippen molar-refractivity contribution in [3.05, 3.63) is 69.8 Å². The number of hydrogen-bond donors (Lipinski definition) is 0. The van der Waals surface area contributed by atoms with Crippen molar-refractivity contribution in [3.63, 3.8) is 0 Å². The zero-order valence-corrected chi connectivity index (χ0v) is 14.3. The van der Waals surface area contributed by atoms with Gasteiger partial charge in [0.05, 0.1) is 23.0 Å². The van der Waals surface area contributed by atoms with Gasteiger partial charge in [0.1, 0.15) is 0 Å². The van der Waals surface area contributed by atoms with Gasteiger partial charge in [0.25, 0.3) is 5.69 Å². The zero-order valence-electron chi connectivity index (χ0n) is 13.5. The van der Waals surface area contributed by atoms with E-state index in [4.69, 9.17) is 4.74 Å². The number of nitrogens with zero attached hydrogens (tertiary/aromatic N) is 2. The fraction of sp³-hybridized carbons (Fsp3) is 0.294. The highest BCUT2D eigenvalue weighted by atomic mass is 32.2. The van der Waals surface area contributed by atoms with Crippen LogP contribution >= 0.6 is 0 Å². The van der Waals surface area contributed by atoms with E-state index in [2.05, 4.69) is 0 Å². The molecule has 8 heteroatoms. The van der Waals surface area contributed by atoms with Crippen molar-refractivity contribution in [3.8, 4) is 0 Å². The third kappa shape index (κ3) is 4.04. The average molecular weight is 362 g/mol. The van der Waals surface area contributed by atoms with Crippen molar-refractivity contribution in [1.82, 2.24) is 4.31 Å². The first kappa shape index (κ1) is 17.5. The lowest BCUT2D eigenvalue weighted by Crippen LogP contribution is -2.40. The van der Waals surface area contributed by atoms with Crippen LogP contribution in [0.1, 0.15) is 11.1 Å². The summed E-state index contributed by atoms with van der Waals surface area (Å²) >= 11 is 0. The fourth-order valence-electron chi connectivity index (χ4n) is 2.69. The lowest BCUT2D eigenvalue weighted by Gasteiger charge is -2.26. The molecule has 0 aromatic heterocycles. The van der Waals surface area contributed by atoms with Crippen LogP contribution in [0.5, 0.6) is 0 Å². The molecule has 0 N–H and O–H groups in total. The van der Waals surface area contributed by atoms with Gasteiger partial charge in [0, 0.05) is 25.2 Å². The Balaban J connectivity index is 1.72. The number of nitro benzene ring substituents is 1. The minimum atomic E-state index is -3.49. The Labute approximate surface area is 146 Å². The van der Waals surface area contributed by atoms with E-state index in [1.54, 1.807) is 36.4 Å². The van der Waals surface area contributed by atoms with Gasteiger partial charge in [0.2, 0.25) is 10.0 Å². The number of ether oxygens (including phenoxy) is 1. The third-order valence-corrected chi connectivity index (χ3v) is 6.00. The lowest BCUT2D eigenvalue weighted by atomic mass is 10.1. The summed E-state index contributed by atoms with van der Waals surface area (Å²) in [6, 6.07) is 13.1. The van der Waals surface area contributed by atoms with Gasteiger partial charge in [-0.2, -0.15) is 4.31 Å². The Morgan fingerprint density at radius 1 is 0.960 bits per heavy atom. The van der Waals surface area contributed by atoms with Crippen LogP contribution in [0.25, 0.3) is 0 Å². The van der Waals surface area contributed by atoms with Crippen LogP contribution in [0, 0.1) is 10.1 Å². The van der Waals surface area contributed by atoms with E-state index in [9.17, 15) is 18.5 Å². The molecule has 0 unspecified atom stereocenters. The molecule has 7 nitrogen and oxygen atoms in total. The van der Waals surface area contributed by atoms with Crippen LogP contribution in [-0.4, -0.2) is 43.9 Å². The number of sulfonamides is 1. The summed E-state index contributed by atoms with van der Waals surface area (Å²) in [6.07, 6.45) is 0.579. The fourth-order valence-corrected chi connectivity index (χ4v) is 4.09. The zero-order chi connectivity index (χ0) is 17.9. The summed E-state index contributed by atoms with van der Waals surface area (Å²) in [5.41, 5.74) is 1.92. The van der Waals surface area contributed by atoms with Crippen molar-refractivity contribution in [2.75, 3.05) is 26.3 Å². The summed E-state index contributed by atoms with van der Waals surface area (Å²) in [6.45, 7) is 1.56. The summed E-state index contributed by atoms with van der Waals surface area (Å²) in [5.74, 6) is 0. The molecule has 0 aliphatic carbocycles. The van der Waals surface area contributed by atoms with Gasteiger partial charge in [-0.1, -0.05) is 24.3 Å². The average Bonchev–Trinajstić information content (AvgIpc) is 2.63. The minimum absolute atomic E-state index is 0.0516. The van der Waals surface area contributed by atoms with Crippen LogP contribution in [0.4, 0.5) is 5.69 Å². The van der Waals surface area contributed by atoms with Crippen molar-refractivity contribution in [1.29, 1.82) is 0 Å². The molecular weight excluding hydrogens is 344 g/mol. The van der Waals surface area contributed by atoms with E-state index in [1.165, 1.54) is 16.4 Å². The van der Waals surface area contributed by atoms with Gasteiger partial charge >= 0.3 is 0 Å². The van der Waals surface area contributed by atoms with Crippen molar-refractivity contribution < 1.29 is 18.1 Å². The molecule has 0 atom stereocenters. The summed E-state index contributed by atoms with van der Waals surface area (Å²) in [7, 11) is -3.49. The van der Waals surface area contributed by atoms with Gasteiger partial charge in [-0.25, -0.2) is 8.42 Å². The van der Waals surface area contributed by atoms with E-state index >= 15 is 0 Å². The Morgan fingerprint density at radius 3 is 2.00 bits per heavy atom. The lowest BCUT2D eigenvalue weighted by molar-refractivity contribution is -0.384. The maximum atomic E-state index is 12.6. The molecular formula is C17H18N2O5S. The van der Waals surface area contributed by atoms with Crippen molar-refractivity contribution >= 4 is 15.7 Å². The van der Waals surface area contributed by atoms with Crippen LogP contribution in [-0.2, 0) is 21.2 Å². The monoisotopic (exact) mass is 362 g/mol. The van der Waals surface area contributed by atoms with E-state index in [1.807, 2.05) is 0 Å². The molecule has 1 aliphatic rings. The van der Waals surface area contributed by atoms with Crippen LogP contribution in [0.2, 0.25) is 0 Å². The molecule has 1 heterocycles. The van der Waals surface area contributed by atoms with Crippen molar-refractivity contribution in [2.45, 2.75) is 11.3 Å². The van der Waals surface area contributed by atoms with Crippen LogP contribution in [0.3, 0.4) is 0 Å². The van der Waals surface area contributed by atoms with E-state index in [0.29, 0.717) is 32.7 Å². The molecule has 0 amide bonds. The SMILES string of the molecule is O=[N+]([O-])c1ccc(Cc2ccc(S(=O)(=O)N3CCOCC3)cc2)cc1. The number of non-ortho nitro benzene ring substituents is 1. The normalized spacial score (nSPS) is 15.8. The molecule has 1 fully saturated rings. The smallest absolute Gasteiger partial charge is 0.269 e.